The molecule has 2 aromatic carbocycles. The zero-order valence-electron chi connectivity index (χ0n) is 15.3. The topological polar surface area (TPSA) is 80.8 Å². The Balaban J connectivity index is 1.96. The van der Waals surface area contributed by atoms with Gasteiger partial charge in [-0.05, 0) is 43.0 Å². The largest absolute Gasteiger partial charge is 0.460 e. The average Bonchev–Trinajstić information content (AvgIpc) is 2.66. The predicted molar refractivity (Wildman–Crippen MR) is 104 cm³/mol. The quantitative estimate of drug-likeness (QED) is 0.380. The number of sulfonamides is 1. The molecule has 0 unspecified atom stereocenters. The van der Waals surface area contributed by atoms with Gasteiger partial charge in [-0.25, -0.2) is 8.42 Å². The molecule has 2 rings (SSSR count). The van der Waals surface area contributed by atoms with Gasteiger partial charge in [-0.15, -0.1) is 11.8 Å². The number of thioether (sulfide) groups is 1. The van der Waals surface area contributed by atoms with Gasteiger partial charge in [0.15, 0.2) is 5.78 Å². The maximum Gasteiger partial charge on any atom is 0.321 e. The van der Waals surface area contributed by atoms with Gasteiger partial charge in [0.1, 0.15) is 13.2 Å². The summed E-state index contributed by atoms with van der Waals surface area (Å²) in [6.07, 6.45) is 1.97. The van der Waals surface area contributed by atoms with Crippen molar-refractivity contribution in [3.05, 3.63) is 59.7 Å². The van der Waals surface area contributed by atoms with Crippen LogP contribution in [0.1, 0.15) is 22.8 Å². The highest BCUT2D eigenvalue weighted by Crippen LogP contribution is 2.17. The maximum absolute atomic E-state index is 12.5. The molecule has 6 nitrogen and oxygen atoms in total. The van der Waals surface area contributed by atoms with Crippen LogP contribution in [0.5, 0.6) is 0 Å². The number of likely N-dealkylation sites (N-methyl/N-ethyl adjacent to an activating group) is 1. The number of hydrogen-bond donors (Lipinski definition) is 0. The summed E-state index contributed by atoms with van der Waals surface area (Å²) in [5.41, 5.74) is 1.25. The second-order valence-electron chi connectivity index (χ2n) is 5.85. The number of rotatable bonds is 8. The first-order valence-corrected chi connectivity index (χ1v) is 10.8. The molecule has 27 heavy (non-hydrogen) atoms. The number of hydrogen-bond acceptors (Lipinski definition) is 6. The zero-order valence-corrected chi connectivity index (χ0v) is 17.0. The lowest BCUT2D eigenvalue weighted by molar-refractivity contribution is -0.144. The van der Waals surface area contributed by atoms with Gasteiger partial charge in [-0.2, -0.15) is 4.31 Å². The number of ether oxygens (including phenoxy) is 1. The number of ketones is 1. The van der Waals surface area contributed by atoms with Crippen LogP contribution in [-0.4, -0.2) is 44.3 Å². The van der Waals surface area contributed by atoms with Crippen molar-refractivity contribution in [3.63, 3.8) is 0 Å². The maximum atomic E-state index is 12.5. The molecule has 0 aliphatic carbocycles. The van der Waals surface area contributed by atoms with E-state index in [1.165, 1.54) is 38.2 Å². The van der Waals surface area contributed by atoms with Gasteiger partial charge in [-0.3, -0.25) is 9.59 Å². The molecule has 0 N–H and O–H groups in total. The molecule has 0 radical (unpaired) electrons. The Hall–Kier alpha value is -2.16. The summed E-state index contributed by atoms with van der Waals surface area (Å²) in [5, 5.41) is 0. The van der Waals surface area contributed by atoms with E-state index in [2.05, 4.69) is 0 Å². The lowest BCUT2D eigenvalue weighted by Gasteiger charge is -2.16. The summed E-state index contributed by atoms with van der Waals surface area (Å²) >= 11 is 1.61. The molecule has 8 heteroatoms. The predicted octanol–water partition coefficient (Wildman–Crippen LogP) is 2.98. The first-order valence-electron chi connectivity index (χ1n) is 8.10. The van der Waals surface area contributed by atoms with Gasteiger partial charge < -0.3 is 4.74 Å². The normalized spacial score (nSPS) is 11.4. The van der Waals surface area contributed by atoms with Crippen molar-refractivity contribution >= 4 is 33.5 Å². The Morgan fingerprint density at radius 3 is 2.15 bits per heavy atom. The van der Waals surface area contributed by atoms with Crippen LogP contribution in [0.2, 0.25) is 0 Å². The molecule has 0 fully saturated rings. The van der Waals surface area contributed by atoms with E-state index >= 15 is 0 Å². The van der Waals surface area contributed by atoms with Crippen LogP contribution in [-0.2, 0) is 26.2 Å². The van der Waals surface area contributed by atoms with E-state index < -0.39 is 22.5 Å². The van der Waals surface area contributed by atoms with Crippen molar-refractivity contribution in [2.45, 2.75) is 23.3 Å². The smallest absolute Gasteiger partial charge is 0.321 e. The molecule has 0 aliphatic rings. The molecule has 144 valence electrons. The van der Waals surface area contributed by atoms with Crippen LogP contribution in [0.3, 0.4) is 0 Å². The van der Waals surface area contributed by atoms with Gasteiger partial charge in [-0.1, -0.05) is 24.3 Å². The van der Waals surface area contributed by atoms with E-state index in [0.29, 0.717) is 5.56 Å². The summed E-state index contributed by atoms with van der Waals surface area (Å²) in [7, 11) is -2.54. The second kappa shape index (κ2) is 9.16. The fourth-order valence-electron chi connectivity index (χ4n) is 2.24. The molecule has 0 bridgehead atoms. The zero-order chi connectivity index (χ0) is 20.0. The van der Waals surface area contributed by atoms with Crippen molar-refractivity contribution < 1.29 is 22.7 Å². The van der Waals surface area contributed by atoms with Crippen molar-refractivity contribution in [2.75, 3.05) is 19.8 Å². The van der Waals surface area contributed by atoms with E-state index in [9.17, 15) is 18.0 Å². The van der Waals surface area contributed by atoms with Crippen molar-refractivity contribution in [2.24, 2.45) is 0 Å². The number of nitrogens with zero attached hydrogens (tertiary/aromatic N) is 1. The average molecular weight is 408 g/mol. The minimum absolute atomic E-state index is 0.00968. The van der Waals surface area contributed by atoms with Crippen LogP contribution in [0.15, 0.2) is 58.3 Å². The Kier molecular flexibility index (Phi) is 7.18. The molecule has 0 heterocycles. The number of esters is 1. The third kappa shape index (κ3) is 5.66. The molecule has 0 amide bonds. The molecule has 0 saturated heterocycles. The fraction of sp³-hybridized carbons (Fsp3) is 0.263. The standard InChI is InChI=1S/C19H21NO5S2/c1-14(21)16-6-10-18(11-7-16)27(23,24)20(2)12-19(22)25-13-15-4-8-17(26-3)9-5-15/h4-11H,12-13H2,1-3H3. The van der Waals surface area contributed by atoms with Crippen molar-refractivity contribution in [1.82, 2.24) is 4.31 Å². The summed E-state index contributed by atoms with van der Waals surface area (Å²) < 4.78 is 31.1. The summed E-state index contributed by atoms with van der Waals surface area (Å²) in [5.74, 6) is -0.795. The summed E-state index contributed by atoms with van der Waals surface area (Å²) in [6, 6.07) is 13.2. The Labute approximate surface area is 163 Å². The van der Waals surface area contributed by atoms with Crippen LogP contribution in [0, 0.1) is 0 Å². The fourth-order valence-corrected chi connectivity index (χ4v) is 3.76. The second-order valence-corrected chi connectivity index (χ2v) is 8.77. The first kappa shape index (κ1) is 21.1. The van der Waals surface area contributed by atoms with Crippen LogP contribution in [0.4, 0.5) is 0 Å². The molecule has 0 spiro atoms. The number of benzene rings is 2. The minimum atomic E-state index is -3.85. The lowest BCUT2D eigenvalue weighted by atomic mass is 10.2. The van der Waals surface area contributed by atoms with E-state index in [0.717, 1.165) is 14.8 Å². The Bertz CT molecular complexity index is 906. The highest BCUT2D eigenvalue weighted by Gasteiger charge is 2.23. The van der Waals surface area contributed by atoms with Crippen LogP contribution >= 0.6 is 11.8 Å². The van der Waals surface area contributed by atoms with Gasteiger partial charge in [0.05, 0.1) is 4.90 Å². The van der Waals surface area contributed by atoms with E-state index in [1.807, 2.05) is 30.5 Å². The summed E-state index contributed by atoms with van der Waals surface area (Å²) in [6.45, 7) is 1.08. The van der Waals surface area contributed by atoms with E-state index in [1.54, 1.807) is 11.8 Å². The number of carbonyl (C=O) groups is 2. The SMILES string of the molecule is CSc1ccc(COC(=O)CN(C)S(=O)(=O)c2ccc(C(C)=O)cc2)cc1. The van der Waals surface area contributed by atoms with Crippen molar-refractivity contribution in [3.8, 4) is 0 Å². The third-order valence-corrected chi connectivity index (χ3v) is 6.44. The van der Waals surface area contributed by atoms with Gasteiger partial charge >= 0.3 is 5.97 Å². The number of Topliss-reactive ketones (excluding diaryl/α,β-unsaturated/α-hetero) is 1. The molecular formula is C19H21NO5S2. The molecule has 0 aliphatic heterocycles. The summed E-state index contributed by atoms with van der Waals surface area (Å²) in [4.78, 5) is 24.4. The number of carbonyl (C=O) groups excluding carboxylic acids is 2. The van der Waals surface area contributed by atoms with Crippen LogP contribution < -0.4 is 0 Å². The first-order chi connectivity index (χ1) is 12.7. The third-order valence-electron chi connectivity index (χ3n) is 3.88. The molecule has 0 aromatic heterocycles. The Morgan fingerprint density at radius 2 is 1.63 bits per heavy atom. The van der Waals surface area contributed by atoms with E-state index in [4.69, 9.17) is 4.74 Å². The Morgan fingerprint density at radius 1 is 1.04 bits per heavy atom. The minimum Gasteiger partial charge on any atom is -0.460 e. The molecule has 0 saturated carbocycles. The monoisotopic (exact) mass is 407 g/mol. The van der Waals surface area contributed by atoms with Gasteiger partial charge in [0, 0.05) is 17.5 Å². The molecular weight excluding hydrogens is 386 g/mol. The van der Waals surface area contributed by atoms with Gasteiger partial charge in [0.2, 0.25) is 10.0 Å². The van der Waals surface area contributed by atoms with Gasteiger partial charge in [0.25, 0.3) is 0 Å². The van der Waals surface area contributed by atoms with Crippen molar-refractivity contribution in [1.29, 1.82) is 0 Å². The molecule has 0 atom stereocenters. The van der Waals surface area contributed by atoms with Crippen LogP contribution in [0.25, 0.3) is 0 Å². The van der Waals surface area contributed by atoms with E-state index in [-0.39, 0.29) is 17.3 Å². The highest BCUT2D eigenvalue weighted by atomic mass is 32.2. The molecule has 2 aromatic rings. The highest BCUT2D eigenvalue weighted by molar-refractivity contribution is 7.98. The lowest BCUT2D eigenvalue weighted by Crippen LogP contribution is -2.33.